The number of carbonyl (C=O) groups excluding carboxylic acids is 1. The van der Waals surface area contributed by atoms with E-state index < -0.39 is 31.1 Å². The first-order valence-corrected chi connectivity index (χ1v) is 6.82. The molecule has 11 heteroatoms. The van der Waals surface area contributed by atoms with Gasteiger partial charge in [-0.3, -0.25) is 14.7 Å². The van der Waals surface area contributed by atoms with E-state index in [1.54, 1.807) is 0 Å². The van der Waals surface area contributed by atoms with Crippen LogP contribution in [0.5, 0.6) is 0 Å². The lowest BCUT2D eigenvalue weighted by Gasteiger charge is -2.16. The van der Waals surface area contributed by atoms with Crippen LogP contribution in [0.2, 0.25) is 0 Å². The number of nitrogen functional groups attached to an aromatic ring is 1. The summed E-state index contributed by atoms with van der Waals surface area (Å²) in [4.78, 5) is 23.2. The molecule has 0 bridgehead atoms. The zero-order valence-electron chi connectivity index (χ0n) is 12.1. The number of fused-ring (bicyclic) bond motifs is 1. The van der Waals surface area contributed by atoms with Crippen LogP contribution in [0.25, 0.3) is 11.2 Å². The number of aliphatic hydroxyl groups excluding tert-OH is 3. The zero-order valence-corrected chi connectivity index (χ0v) is 12.1. The maximum absolute atomic E-state index is 11.1. The molecular weight excluding hydrogens is 308 g/mol. The minimum Gasteiger partial charge on any atom is -0.394 e. The third-order valence-corrected chi connectivity index (χ3v) is 3.53. The fraction of sp³-hybridized carbons (Fsp3) is 0.500. The molecule has 4 atom stereocenters. The van der Waals surface area contributed by atoms with Gasteiger partial charge in [-0.05, 0) is 0 Å². The van der Waals surface area contributed by atoms with Crippen LogP contribution < -0.4 is 11.1 Å². The van der Waals surface area contributed by atoms with Gasteiger partial charge in [0.2, 0.25) is 11.9 Å². The highest BCUT2D eigenvalue weighted by Gasteiger charge is 2.44. The summed E-state index contributed by atoms with van der Waals surface area (Å²) >= 11 is 0. The quantitative estimate of drug-likeness (QED) is 0.427. The summed E-state index contributed by atoms with van der Waals surface area (Å²) in [5, 5.41) is 31.5. The van der Waals surface area contributed by atoms with Crippen molar-refractivity contribution >= 4 is 28.8 Å². The molecule has 1 amide bonds. The van der Waals surface area contributed by atoms with E-state index in [1.807, 2.05) is 0 Å². The number of anilines is 2. The van der Waals surface area contributed by atoms with E-state index in [0.717, 1.165) is 0 Å². The number of hydrogen-bond acceptors (Lipinski definition) is 9. The molecule has 1 saturated heterocycles. The molecule has 1 fully saturated rings. The molecule has 3 rings (SSSR count). The van der Waals surface area contributed by atoms with E-state index in [9.17, 15) is 15.0 Å². The largest absolute Gasteiger partial charge is 0.394 e. The Morgan fingerprint density at radius 1 is 1.43 bits per heavy atom. The first-order chi connectivity index (χ1) is 10.9. The van der Waals surface area contributed by atoms with Crippen molar-refractivity contribution in [1.82, 2.24) is 19.5 Å². The topological polar surface area (TPSA) is 169 Å². The van der Waals surface area contributed by atoms with Gasteiger partial charge in [-0.25, -0.2) is 4.98 Å². The normalized spacial score (nSPS) is 27.5. The van der Waals surface area contributed by atoms with Crippen molar-refractivity contribution in [2.24, 2.45) is 0 Å². The second-order valence-electron chi connectivity index (χ2n) is 5.17. The minimum absolute atomic E-state index is 0.0176. The lowest BCUT2D eigenvalue weighted by molar-refractivity contribution is -0.114. The molecule has 124 valence electrons. The first-order valence-electron chi connectivity index (χ1n) is 6.82. The van der Waals surface area contributed by atoms with Gasteiger partial charge in [-0.2, -0.15) is 9.97 Å². The molecule has 23 heavy (non-hydrogen) atoms. The number of amides is 1. The SMILES string of the molecule is CC(=O)Nc1nc(N)c2ncn([C@@H]3O[C@H](CO)C(O)C3O)c2n1. The Balaban J connectivity index is 2.05. The Hall–Kier alpha value is -2.34. The average Bonchev–Trinajstić information content (AvgIpc) is 3.01. The number of imidazole rings is 1. The van der Waals surface area contributed by atoms with E-state index in [2.05, 4.69) is 20.3 Å². The third-order valence-electron chi connectivity index (χ3n) is 3.53. The average molecular weight is 324 g/mol. The van der Waals surface area contributed by atoms with E-state index in [4.69, 9.17) is 15.6 Å². The van der Waals surface area contributed by atoms with E-state index >= 15 is 0 Å². The molecule has 0 aliphatic carbocycles. The molecule has 2 aromatic heterocycles. The van der Waals surface area contributed by atoms with E-state index in [-0.39, 0.29) is 28.8 Å². The van der Waals surface area contributed by atoms with Crippen molar-refractivity contribution in [3.63, 3.8) is 0 Å². The Morgan fingerprint density at radius 2 is 2.17 bits per heavy atom. The monoisotopic (exact) mass is 324 g/mol. The van der Waals surface area contributed by atoms with Crippen LogP contribution in [0.1, 0.15) is 13.2 Å². The Kier molecular flexibility index (Phi) is 3.85. The summed E-state index contributed by atoms with van der Waals surface area (Å²) in [6.45, 7) is 0.850. The summed E-state index contributed by atoms with van der Waals surface area (Å²) in [5.74, 6) is -0.344. The molecule has 1 aliphatic heterocycles. The first kappa shape index (κ1) is 15.6. The molecule has 0 spiro atoms. The van der Waals surface area contributed by atoms with Crippen LogP contribution in [0.4, 0.5) is 11.8 Å². The predicted molar refractivity (Wildman–Crippen MR) is 77.0 cm³/mol. The van der Waals surface area contributed by atoms with Gasteiger partial charge in [0.25, 0.3) is 0 Å². The van der Waals surface area contributed by atoms with Crippen molar-refractivity contribution in [2.45, 2.75) is 31.5 Å². The molecular formula is C12H16N6O5. The fourth-order valence-electron chi connectivity index (χ4n) is 2.45. The second-order valence-corrected chi connectivity index (χ2v) is 5.17. The molecule has 11 nitrogen and oxygen atoms in total. The molecule has 2 aromatic rings. The van der Waals surface area contributed by atoms with E-state index in [0.29, 0.717) is 0 Å². The molecule has 3 heterocycles. The van der Waals surface area contributed by atoms with Gasteiger partial charge in [0.15, 0.2) is 17.7 Å². The van der Waals surface area contributed by atoms with Crippen molar-refractivity contribution in [3.8, 4) is 0 Å². The Morgan fingerprint density at radius 3 is 2.78 bits per heavy atom. The molecule has 0 aromatic carbocycles. The maximum Gasteiger partial charge on any atom is 0.233 e. The molecule has 2 unspecified atom stereocenters. The number of carbonyl (C=O) groups is 1. The zero-order chi connectivity index (χ0) is 16.7. The number of hydrogen-bond donors (Lipinski definition) is 5. The number of ether oxygens (including phenoxy) is 1. The molecule has 6 N–H and O–H groups in total. The number of aromatic nitrogens is 4. The summed E-state index contributed by atoms with van der Waals surface area (Å²) in [6.07, 6.45) is -3.15. The van der Waals surface area contributed by atoms with Gasteiger partial charge in [0.05, 0.1) is 12.9 Å². The van der Waals surface area contributed by atoms with Crippen molar-refractivity contribution in [1.29, 1.82) is 0 Å². The Labute approximate surface area is 129 Å². The Bertz CT molecular complexity index is 749. The summed E-state index contributed by atoms with van der Waals surface area (Å²) in [6, 6.07) is 0. The van der Waals surface area contributed by atoms with E-state index in [1.165, 1.54) is 17.8 Å². The van der Waals surface area contributed by atoms with Crippen LogP contribution in [0.3, 0.4) is 0 Å². The third kappa shape index (κ3) is 2.59. The van der Waals surface area contributed by atoms with Crippen molar-refractivity contribution in [2.75, 3.05) is 17.7 Å². The molecule has 0 radical (unpaired) electrons. The summed E-state index contributed by atoms with van der Waals surface area (Å²) < 4.78 is 6.80. The molecule has 1 aliphatic rings. The highest BCUT2D eigenvalue weighted by Crippen LogP contribution is 2.32. The van der Waals surface area contributed by atoms with Gasteiger partial charge >= 0.3 is 0 Å². The minimum atomic E-state index is -1.29. The number of nitrogens with zero attached hydrogens (tertiary/aromatic N) is 4. The standard InChI is InChI=1S/C12H16N6O5/c1-4(20)15-12-16-9(13)6-10(17-12)18(3-14-6)11-8(22)7(21)5(2-19)23-11/h3,5,7-8,11,19,21-22H,2H2,1H3,(H3,13,15,16,17,20)/t5-,7?,8?,11-/m1/s1. The van der Waals surface area contributed by atoms with Gasteiger partial charge in [-0.1, -0.05) is 0 Å². The van der Waals surface area contributed by atoms with Crippen LogP contribution >= 0.6 is 0 Å². The van der Waals surface area contributed by atoms with Gasteiger partial charge < -0.3 is 25.8 Å². The van der Waals surface area contributed by atoms with Crippen molar-refractivity contribution in [3.05, 3.63) is 6.33 Å². The van der Waals surface area contributed by atoms with Gasteiger partial charge in [0, 0.05) is 6.92 Å². The second kappa shape index (κ2) is 5.70. The fourth-order valence-corrected chi connectivity index (χ4v) is 2.45. The maximum atomic E-state index is 11.1. The smallest absolute Gasteiger partial charge is 0.233 e. The molecule has 0 saturated carbocycles. The highest BCUT2D eigenvalue weighted by atomic mass is 16.6. The summed E-state index contributed by atoms with van der Waals surface area (Å²) in [7, 11) is 0. The van der Waals surface area contributed by atoms with Crippen LogP contribution in [0, 0.1) is 0 Å². The van der Waals surface area contributed by atoms with Gasteiger partial charge in [0.1, 0.15) is 23.8 Å². The highest BCUT2D eigenvalue weighted by molar-refractivity contribution is 5.89. The van der Waals surface area contributed by atoms with Crippen LogP contribution in [0.15, 0.2) is 6.33 Å². The number of nitrogens with two attached hydrogens (primary N) is 1. The van der Waals surface area contributed by atoms with Crippen LogP contribution in [-0.2, 0) is 9.53 Å². The lowest BCUT2D eigenvalue weighted by atomic mass is 10.1. The lowest BCUT2D eigenvalue weighted by Crippen LogP contribution is -2.33. The summed E-state index contributed by atoms with van der Waals surface area (Å²) in [5.41, 5.74) is 6.27. The van der Waals surface area contributed by atoms with Gasteiger partial charge in [-0.15, -0.1) is 0 Å². The van der Waals surface area contributed by atoms with Crippen LogP contribution in [-0.4, -0.2) is 65.7 Å². The predicted octanol–water partition coefficient (Wildman–Crippen LogP) is -2.02. The van der Waals surface area contributed by atoms with Crippen molar-refractivity contribution < 1.29 is 24.9 Å². The number of nitrogens with one attached hydrogen (secondary N) is 1. The number of rotatable bonds is 3. The number of aliphatic hydroxyl groups is 3.